The lowest BCUT2D eigenvalue weighted by molar-refractivity contribution is -0.0293. The van der Waals surface area contributed by atoms with Crippen molar-refractivity contribution in [2.75, 3.05) is 13.2 Å². The molecular formula is C16H24O2. The van der Waals surface area contributed by atoms with E-state index < -0.39 is 0 Å². The summed E-state index contributed by atoms with van der Waals surface area (Å²) in [6.45, 7) is 3.89. The second-order valence-electron chi connectivity index (χ2n) is 5.82. The molecule has 2 heteroatoms. The minimum absolute atomic E-state index is 0.0152. The molecule has 0 radical (unpaired) electrons. The molecule has 1 fully saturated rings. The average molecular weight is 248 g/mol. The third kappa shape index (κ3) is 3.56. The Balaban J connectivity index is 1.81. The smallest absolute Gasteiger partial charge is 0.0717 e. The fraction of sp³-hybridized carbons (Fsp3) is 0.625. The van der Waals surface area contributed by atoms with Gasteiger partial charge in [-0.15, -0.1) is 0 Å². The summed E-state index contributed by atoms with van der Waals surface area (Å²) in [5, 5.41) is 9.64. The molecule has 0 saturated heterocycles. The van der Waals surface area contributed by atoms with E-state index in [1.165, 1.54) is 18.4 Å². The highest BCUT2D eigenvalue weighted by atomic mass is 16.5. The summed E-state index contributed by atoms with van der Waals surface area (Å²) in [7, 11) is 0. The van der Waals surface area contributed by atoms with Crippen LogP contribution in [-0.4, -0.2) is 18.3 Å². The molecule has 1 aliphatic carbocycles. The van der Waals surface area contributed by atoms with Gasteiger partial charge in [-0.25, -0.2) is 0 Å². The van der Waals surface area contributed by atoms with Crippen molar-refractivity contribution in [2.45, 2.75) is 39.2 Å². The number of ether oxygens (including phenoxy) is 1. The van der Waals surface area contributed by atoms with Crippen molar-refractivity contribution in [1.29, 1.82) is 0 Å². The predicted octanol–water partition coefficient (Wildman–Crippen LogP) is 3.39. The molecule has 2 nitrogen and oxygen atoms in total. The second-order valence-corrected chi connectivity index (χ2v) is 5.82. The molecule has 18 heavy (non-hydrogen) atoms. The van der Waals surface area contributed by atoms with Crippen LogP contribution in [0, 0.1) is 11.3 Å². The molecular weight excluding hydrogens is 224 g/mol. The molecule has 0 spiro atoms. The maximum atomic E-state index is 9.64. The molecule has 1 aliphatic rings. The normalized spacial score (nSPS) is 28.2. The van der Waals surface area contributed by atoms with Gasteiger partial charge < -0.3 is 9.84 Å². The molecule has 1 saturated carbocycles. The number of rotatable bonds is 5. The zero-order valence-corrected chi connectivity index (χ0v) is 11.3. The molecule has 100 valence electrons. The third-order valence-electron chi connectivity index (χ3n) is 4.19. The molecule has 1 N–H and O–H groups in total. The largest absolute Gasteiger partial charge is 0.396 e. The molecule has 0 unspecified atom stereocenters. The number of aliphatic hydroxyl groups excluding tert-OH is 1. The van der Waals surface area contributed by atoms with Crippen molar-refractivity contribution >= 4 is 0 Å². The van der Waals surface area contributed by atoms with E-state index in [4.69, 9.17) is 4.74 Å². The monoisotopic (exact) mass is 248 g/mol. The predicted molar refractivity (Wildman–Crippen MR) is 73.2 cm³/mol. The van der Waals surface area contributed by atoms with Gasteiger partial charge in [0.05, 0.1) is 19.8 Å². The Morgan fingerprint density at radius 1 is 1.22 bits per heavy atom. The SMILES string of the molecule is CC1CCC(CO)(COCc2ccccc2)CC1. The maximum absolute atomic E-state index is 9.64. The van der Waals surface area contributed by atoms with Crippen molar-refractivity contribution in [3.05, 3.63) is 35.9 Å². The molecule has 1 aromatic carbocycles. The van der Waals surface area contributed by atoms with Crippen molar-refractivity contribution in [3.63, 3.8) is 0 Å². The highest BCUT2D eigenvalue weighted by Gasteiger charge is 2.33. The van der Waals surface area contributed by atoms with Gasteiger partial charge in [0.1, 0.15) is 0 Å². The van der Waals surface area contributed by atoms with Crippen molar-refractivity contribution < 1.29 is 9.84 Å². The van der Waals surface area contributed by atoms with E-state index in [9.17, 15) is 5.11 Å². The highest BCUT2D eigenvalue weighted by Crippen LogP contribution is 2.38. The zero-order chi connectivity index (χ0) is 12.8. The minimum Gasteiger partial charge on any atom is -0.396 e. The molecule has 1 aromatic rings. The molecule has 0 atom stereocenters. The Hall–Kier alpha value is -0.860. The Labute approximate surface area is 110 Å². The number of hydrogen-bond acceptors (Lipinski definition) is 2. The van der Waals surface area contributed by atoms with Crippen LogP contribution in [0.3, 0.4) is 0 Å². The number of aliphatic hydroxyl groups is 1. The van der Waals surface area contributed by atoms with Gasteiger partial charge >= 0.3 is 0 Å². The standard InChI is InChI=1S/C16H24O2/c1-14-7-9-16(12-17,10-8-14)13-18-11-15-5-3-2-4-6-15/h2-6,14,17H,7-13H2,1H3. The van der Waals surface area contributed by atoms with Gasteiger partial charge in [-0.3, -0.25) is 0 Å². The Kier molecular flexibility index (Phi) is 4.79. The minimum atomic E-state index is 0.0152. The van der Waals surface area contributed by atoms with Gasteiger partial charge in [0, 0.05) is 5.41 Å². The third-order valence-corrected chi connectivity index (χ3v) is 4.19. The van der Waals surface area contributed by atoms with Crippen molar-refractivity contribution in [3.8, 4) is 0 Å². The molecule has 0 bridgehead atoms. The van der Waals surface area contributed by atoms with Crippen LogP contribution in [0.15, 0.2) is 30.3 Å². The van der Waals surface area contributed by atoms with Crippen LogP contribution in [0.5, 0.6) is 0 Å². The van der Waals surface area contributed by atoms with Crippen LogP contribution >= 0.6 is 0 Å². The second kappa shape index (κ2) is 6.35. The summed E-state index contributed by atoms with van der Waals surface area (Å²) in [6.07, 6.45) is 4.63. The van der Waals surface area contributed by atoms with E-state index in [1.54, 1.807) is 0 Å². The van der Waals surface area contributed by atoms with Crippen LogP contribution in [0.4, 0.5) is 0 Å². The van der Waals surface area contributed by atoms with E-state index in [1.807, 2.05) is 18.2 Å². The summed E-state index contributed by atoms with van der Waals surface area (Å²) < 4.78 is 5.83. The van der Waals surface area contributed by atoms with E-state index >= 15 is 0 Å². The Bertz CT molecular complexity index is 339. The highest BCUT2D eigenvalue weighted by molar-refractivity contribution is 5.13. The van der Waals surface area contributed by atoms with E-state index in [0.29, 0.717) is 13.2 Å². The lowest BCUT2D eigenvalue weighted by Crippen LogP contribution is -2.35. The molecule has 2 rings (SSSR count). The maximum Gasteiger partial charge on any atom is 0.0717 e. The van der Waals surface area contributed by atoms with Crippen LogP contribution in [0.2, 0.25) is 0 Å². The Morgan fingerprint density at radius 3 is 2.50 bits per heavy atom. The quantitative estimate of drug-likeness (QED) is 0.865. The summed E-state index contributed by atoms with van der Waals surface area (Å²) in [4.78, 5) is 0. The van der Waals surface area contributed by atoms with E-state index in [0.717, 1.165) is 18.8 Å². The van der Waals surface area contributed by atoms with Gasteiger partial charge in [-0.1, -0.05) is 50.1 Å². The number of benzene rings is 1. The van der Waals surface area contributed by atoms with Gasteiger partial charge in [0.25, 0.3) is 0 Å². The topological polar surface area (TPSA) is 29.5 Å². The summed E-state index contributed by atoms with van der Waals surface area (Å²) in [5.74, 6) is 0.804. The van der Waals surface area contributed by atoms with Gasteiger partial charge in [-0.2, -0.15) is 0 Å². The molecule has 0 aromatic heterocycles. The summed E-state index contributed by atoms with van der Waals surface area (Å²) in [6, 6.07) is 10.2. The van der Waals surface area contributed by atoms with Crippen LogP contribution in [0.25, 0.3) is 0 Å². The zero-order valence-electron chi connectivity index (χ0n) is 11.3. The first kappa shape index (κ1) is 13.6. The van der Waals surface area contributed by atoms with Gasteiger partial charge in [0.15, 0.2) is 0 Å². The fourth-order valence-corrected chi connectivity index (χ4v) is 2.68. The lowest BCUT2D eigenvalue weighted by atomic mass is 9.72. The van der Waals surface area contributed by atoms with E-state index in [2.05, 4.69) is 19.1 Å². The molecule has 0 heterocycles. The molecule has 0 amide bonds. The first-order chi connectivity index (χ1) is 8.74. The lowest BCUT2D eigenvalue weighted by Gasteiger charge is -2.37. The first-order valence-corrected chi connectivity index (χ1v) is 6.97. The summed E-state index contributed by atoms with van der Waals surface area (Å²) in [5.41, 5.74) is 1.22. The molecule has 0 aliphatic heterocycles. The Morgan fingerprint density at radius 2 is 1.89 bits per heavy atom. The van der Waals surface area contributed by atoms with E-state index in [-0.39, 0.29) is 12.0 Å². The summed E-state index contributed by atoms with van der Waals surface area (Å²) >= 11 is 0. The van der Waals surface area contributed by atoms with Gasteiger partial charge in [0.2, 0.25) is 0 Å². The van der Waals surface area contributed by atoms with Crippen LogP contribution < -0.4 is 0 Å². The van der Waals surface area contributed by atoms with Crippen molar-refractivity contribution in [1.82, 2.24) is 0 Å². The van der Waals surface area contributed by atoms with Gasteiger partial charge in [-0.05, 0) is 24.3 Å². The van der Waals surface area contributed by atoms with Crippen LogP contribution in [-0.2, 0) is 11.3 Å². The number of hydrogen-bond donors (Lipinski definition) is 1. The van der Waals surface area contributed by atoms with Crippen LogP contribution in [0.1, 0.15) is 38.2 Å². The first-order valence-electron chi connectivity index (χ1n) is 6.97. The average Bonchev–Trinajstić information content (AvgIpc) is 2.43. The van der Waals surface area contributed by atoms with Crippen molar-refractivity contribution in [2.24, 2.45) is 11.3 Å². The fourth-order valence-electron chi connectivity index (χ4n) is 2.68.